The Hall–Kier alpha value is -2.99. The molecule has 6 nitrogen and oxygen atoms in total. The van der Waals surface area contributed by atoms with Crippen LogP contribution in [0, 0.1) is 0 Å². The van der Waals surface area contributed by atoms with Crippen LogP contribution in [0.2, 0.25) is 0 Å². The first-order valence-electron chi connectivity index (χ1n) is 8.53. The number of amides is 2. The van der Waals surface area contributed by atoms with Gasteiger partial charge in [0.25, 0.3) is 11.8 Å². The highest BCUT2D eigenvalue weighted by atomic mass is 16.7. The van der Waals surface area contributed by atoms with Crippen LogP contribution < -0.4 is 0 Å². The molecular formula is C20H17NO5. The third kappa shape index (κ3) is 2.50. The lowest BCUT2D eigenvalue weighted by Gasteiger charge is -2.35. The van der Waals surface area contributed by atoms with E-state index in [1.54, 1.807) is 24.3 Å². The van der Waals surface area contributed by atoms with E-state index in [1.807, 2.05) is 18.2 Å². The predicted molar refractivity (Wildman–Crippen MR) is 91.0 cm³/mol. The molecule has 0 aliphatic carbocycles. The van der Waals surface area contributed by atoms with Gasteiger partial charge in [0, 0.05) is 6.61 Å². The molecule has 132 valence electrons. The number of carbonyl (C=O) groups is 3. The summed E-state index contributed by atoms with van der Waals surface area (Å²) in [5.41, 5.74) is -0.206. The maximum Gasteiger partial charge on any atom is 0.369 e. The van der Waals surface area contributed by atoms with Crippen LogP contribution in [0.25, 0.3) is 0 Å². The van der Waals surface area contributed by atoms with Crippen molar-refractivity contribution in [3.8, 4) is 0 Å². The number of hydrogen-bond acceptors (Lipinski definition) is 5. The van der Waals surface area contributed by atoms with Gasteiger partial charge in [-0.05, 0) is 37.0 Å². The van der Waals surface area contributed by atoms with Gasteiger partial charge >= 0.3 is 5.97 Å². The molecule has 2 aliphatic heterocycles. The highest BCUT2D eigenvalue weighted by Crippen LogP contribution is 2.37. The van der Waals surface area contributed by atoms with E-state index in [0.29, 0.717) is 23.7 Å². The number of hydroxylamine groups is 2. The molecule has 2 aromatic carbocycles. The summed E-state index contributed by atoms with van der Waals surface area (Å²) < 4.78 is 5.85. The minimum absolute atomic E-state index is 0.226. The lowest BCUT2D eigenvalue weighted by Crippen LogP contribution is -2.46. The quantitative estimate of drug-likeness (QED) is 0.795. The molecule has 0 N–H and O–H groups in total. The third-order valence-corrected chi connectivity index (χ3v) is 4.77. The molecule has 0 spiro atoms. The molecule has 2 heterocycles. The van der Waals surface area contributed by atoms with Crippen molar-refractivity contribution in [3.63, 3.8) is 0 Å². The van der Waals surface area contributed by atoms with Gasteiger partial charge in [0.1, 0.15) is 0 Å². The molecule has 2 aliphatic rings. The second kappa shape index (κ2) is 6.38. The monoisotopic (exact) mass is 351 g/mol. The van der Waals surface area contributed by atoms with Crippen LogP contribution in [-0.4, -0.2) is 29.5 Å². The number of carbonyl (C=O) groups excluding carboxylic acids is 3. The topological polar surface area (TPSA) is 72.9 Å². The number of imide groups is 1. The third-order valence-electron chi connectivity index (χ3n) is 4.77. The summed E-state index contributed by atoms with van der Waals surface area (Å²) in [6, 6.07) is 15.4. The number of fused-ring (bicyclic) bond motifs is 1. The van der Waals surface area contributed by atoms with Crippen molar-refractivity contribution in [1.82, 2.24) is 5.06 Å². The van der Waals surface area contributed by atoms with Gasteiger partial charge in [-0.25, -0.2) is 4.79 Å². The van der Waals surface area contributed by atoms with Gasteiger partial charge in [0.05, 0.1) is 11.1 Å². The minimum atomic E-state index is -1.31. The molecule has 4 rings (SSSR count). The molecule has 0 saturated carbocycles. The summed E-state index contributed by atoms with van der Waals surface area (Å²) in [4.78, 5) is 43.2. The standard InChI is InChI=1S/C20H17NO5/c22-17-15-10-4-5-11-16(15)18(23)21(17)26-19(24)20(12-6-7-13-25-20)14-8-2-1-3-9-14/h1-5,8-11H,6-7,12-13H2. The van der Waals surface area contributed by atoms with Gasteiger partial charge in [-0.3, -0.25) is 9.59 Å². The second-order valence-electron chi connectivity index (χ2n) is 6.33. The van der Waals surface area contributed by atoms with Crippen LogP contribution >= 0.6 is 0 Å². The van der Waals surface area contributed by atoms with Crippen LogP contribution in [0.15, 0.2) is 54.6 Å². The fourth-order valence-electron chi connectivity index (χ4n) is 3.42. The fraction of sp³-hybridized carbons (Fsp3) is 0.250. The lowest BCUT2D eigenvalue weighted by atomic mass is 9.86. The Kier molecular flexibility index (Phi) is 4.05. The molecule has 2 amide bonds. The molecular weight excluding hydrogens is 334 g/mol. The van der Waals surface area contributed by atoms with Gasteiger partial charge in [-0.15, -0.1) is 0 Å². The molecule has 2 aromatic rings. The number of ether oxygens (including phenoxy) is 1. The Balaban J connectivity index is 1.64. The predicted octanol–water partition coefficient (Wildman–Crippen LogP) is 2.84. The number of benzene rings is 2. The van der Waals surface area contributed by atoms with Crippen molar-refractivity contribution in [3.05, 3.63) is 71.3 Å². The molecule has 0 bridgehead atoms. The summed E-state index contributed by atoms with van der Waals surface area (Å²) in [6.45, 7) is 0.409. The highest BCUT2D eigenvalue weighted by Gasteiger charge is 2.48. The first-order valence-corrected chi connectivity index (χ1v) is 8.53. The van der Waals surface area contributed by atoms with Gasteiger partial charge in [-0.2, -0.15) is 0 Å². The van der Waals surface area contributed by atoms with E-state index in [9.17, 15) is 14.4 Å². The molecule has 1 saturated heterocycles. The molecule has 0 aromatic heterocycles. The van der Waals surface area contributed by atoms with Gasteiger partial charge < -0.3 is 9.57 Å². The summed E-state index contributed by atoms with van der Waals surface area (Å²) >= 11 is 0. The molecule has 1 fully saturated rings. The van der Waals surface area contributed by atoms with Crippen molar-refractivity contribution in [2.45, 2.75) is 24.9 Å². The Labute approximate surface area is 150 Å². The Morgan fingerprint density at radius 3 is 2.12 bits per heavy atom. The van der Waals surface area contributed by atoms with E-state index in [0.717, 1.165) is 12.8 Å². The first kappa shape index (κ1) is 16.5. The van der Waals surface area contributed by atoms with E-state index < -0.39 is 23.4 Å². The SMILES string of the molecule is O=C1c2ccccc2C(=O)N1OC(=O)C1(c2ccccc2)CCCCO1. The van der Waals surface area contributed by atoms with E-state index in [4.69, 9.17) is 9.57 Å². The zero-order valence-corrected chi connectivity index (χ0v) is 14.0. The van der Waals surface area contributed by atoms with Gasteiger partial charge in [0.2, 0.25) is 0 Å². The maximum absolute atomic E-state index is 13.0. The second-order valence-corrected chi connectivity index (χ2v) is 6.33. The van der Waals surface area contributed by atoms with Gasteiger partial charge in [0.15, 0.2) is 5.60 Å². The number of nitrogens with zero attached hydrogens (tertiary/aromatic N) is 1. The van der Waals surface area contributed by atoms with Crippen molar-refractivity contribution < 1.29 is 24.0 Å². The van der Waals surface area contributed by atoms with E-state index >= 15 is 0 Å². The van der Waals surface area contributed by atoms with Crippen LogP contribution in [0.4, 0.5) is 0 Å². The van der Waals surface area contributed by atoms with Crippen molar-refractivity contribution in [2.24, 2.45) is 0 Å². The van der Waals surface area contributed by atoms with Crippen molar-refractivity contribution >= 4 is 17.8 Å². The summed E-state index contributed by atoms with van der Waals surface area (Å²) in [5, 5.41) is 0.537. The smallest absolute Gasteiger partial charge is 0.358 e. The Bertz CT molecular complexity index is 836. The number of hydrogen-bond donors (Lipinski definition) is 0. The molecule has 1 atom stereocenters. The average Bonchev–Trinajstić information content (AvgIpc) is 2.94. The molecule has 26 heavy (non-hydrogen) atoms. The summed E-state index contributed by atoms with van der Waals surface area (Å²) in [6.07, 6.45) is 2.06. The fourth-order valence-corrected chi connectivity index (χ4v) is 3.42. The number of rotatable bonds is 3. The Morgan fingerprint density at radius 2 is 1.54 bits per heavy atom. The maximum atomic E-state index is 13.0. The van der Waals surface area contributed by atoms with E-state index in [-0.39, 0.29) is 11.1 Å². The van der Waals surface area contributed by atoms with E-state index in [2.05, 4.69) is 0 Å². The largest absolute Gasteiger partial charge is 0.369 e. The van der Waals surface area contributed by atoms with Gasteiger partial charge in [-0.1, -0.05) is 47.5 Å². The summed E-state index contributed by atoms with van der Waals surface area (Å²) in [7, 11) is 0. The van der Waals surface area contributed by atoms with E-state index in [1.165, 1.54) is 12.1 Å². The van der Waals surface area contributed by atoms with Crippen LogP contribution in [0.3, 0.4) is 0 Å². The lowest BCUT2D eigenvalue weighted by molar-refractivity contribution is -0.204. The van der Waals surface area contributed by atoms with Crippen molar-refractivity contribution in [1.29, 1.82) is 0 Å². The molecule has 0 radical (unpaired) electrons. The van der Waals surface area contributed by atoms with Crippen LogP contribution in [-0.2, 0) is 20.0 Å². The zero-order chi connectivity index (χ0) is 18.1. The Morgan fingerprint density at radius 1 is 0.923 bits per heavy atom. The summed E-state index contributed by atoms with van der Waals surface area (Å²) in [5.74, 6) is -2.03. The zero-order valence-electron chi connectivity index (χ0n) is 14.0. The highest BCUT2D eigenvalue weighted by molar-refractivity contribution is 6.21. The van der Waals surface area contributed by atoms with Crippen LogP contribution in [0.5, 0.6) is 0 Å². The average molecular weight is 351 g/mol. The normalized spacial score (nSPS) is 22.2. The molecule has 6 heteroatoms. The first-order chi connectivity index (χ1) is 12.6. The minimum Gasteiger partial charge on any atom is -0.358 e. The molecule has 1 unspecified atom stereocenters. The van der Waals surface area contributed by atoms with Crippen molar-refractivity contribution in [2.75, 3.05) is 6.61 Å². The van der Waals surface area contributed by atoms with Crippen LogP contribution in [0.1, 0.15) is 45.5 Å².